The molecule has 7 heteroatoms. The third kappa shape index (κ3) is 4.18. The molecule has 0 spiro atoms. The van der Waals surface area contributed by atoms with Crippen LogP contribution in [0.3, 0.4) is 0 Å². The summed E-state index contributed by atoms with van der Waals surface area (Å²) in [5, 5.41) is 5.12. The van der Waals surface area contributed by atoms with E-state index in [-0.39, 0.29) is 22.4 Å². The third-order valence-electron chi connectivity index (χ3n) is 3.08. The monoisotopic (exact) mass is 314 g/mol. The topological polar surface area (TPSA) is 89.7 Å². The van der Waals surface area contributed by atoms with Gasteiger partial charge in [-0.25, -0.2) is 13.6 Å². The Balaban J connectivity index is 3.35. The van der Waals surface area contributed by atoms with Crippen LogP contribution in [-0.4, -0.2) is 38.9 Å². The molecule has 0 saturated heterocycles. The molecule has 6 nitrogen and oxygen atoms in total. The molecule has 0 saturated carbocycles. The Morgan fingerprint density at radius 3 is 2.43 bits per heavy atom. The molecule has 1 rings (SSSR count). The highest BCUT2D eigenvalue weighted by Gasteiger charge is 2.23. The molecule has 0 bridgehead atoms. The molecule has 0 atom stereocenters. The molecule has 21 heavy (non-hydrogen) atoms. The third-order valence-corrected chi connectivity index (χ3v) is 3.99. The van der Waals surface area contributed by atoms with Gasteiger partial charge in [0.05, 0.1) is 17.6 Å². The van der Waals surface area contributed by atoms with Crippen molar-refractivity contribution in [1.82, 2.24) is 4.90 Å². The van der Waals surface area contributed by atoms with Crippen LogP contribution in [0.1, 0.15) is 37.6 Å². The van der Waals surface area contributed by atoms with Crippen LogP contribution in [0.5, 0.6) is 5.75 Å². The van der Waals surface area contributed by atoms with Gasteiger partial charge in [0.2, 0.25) is 10.0 Å². The predicted molar refractivity (Wildman–Crippen MR) is 80.8 cm³/mol. The van der Waals surface area contributed by atoms with Crippen molar-refractivity contribution in [2.24, 2.45) is 5.14 Å². The molecule has 1 aromatic carbocycles. The smallest absolute Gasteiger partial charge is 0.257 e. The van der Waals surface area contributed by atoms with E-state index in [1.54, 1.807) is 4.90 Å². The number of amides is 1. The van der Waals surface area contributed by atoms with Crippen molar-refractivity contribution < 1.29 is 17.9 Å². The van der Waals surface area contributed by atoms with Crippen molar-refractivity contribution in [3.05, 3.63) is 23.8 Å². The predicted octanol–water partition coefficient (Wildman–Crippen LogP) is 1.60. The zero-order valence-electron chi connectivity index (χ0n) is 12.8. The van der Waals surface area contributed by atoms with E-state index in [9.17, 15) is 13.2 Å². The molecule has 118 valence electrons. The first-order valence-corrected chi connectivity index (χ1v) is 8.28. The van der Waals surface area contributed by atoms with Crippen molar-refractivity contribution >= 4 is 15.9 Å². The van der Waals surface area contributed by atoms with Gasteiger partial charge in [0.1, 0.15) is 5.75 Å². The lowest BCUT2D eigenvalue weighted by Crippen LogP contribution is -2.37. The summed E-state index contributed by atoms with van der Waals surface area (Å²) < 4.78 is 28.1. The first kappa shape index (κ1) is 17.5. The number of methoxy groups -OCH3 is 1. The van der Waals surface area contributed by atoms with E-state index >= 15 is 0 Å². The van der Waals surface area contributed by atoms with Gasteiger partial charge in [-0.05, 0) is 38.5 Å². The minimum atomic E-state index is -3.87. The summed E-state index contributed by atoms with van der Waals surface area (Å²) in [5.74, 6) is 0.0587. The summed E-state index contributed by atoms with van der Waals surface area (Å²) in [5.41, 5.74) is 0.200. The molecule has 0 fully saturated rings. The average Bonchev–Trinajstić information content (AvgIpc) is 2.42. The number of sulfonamides is 1. The summed E-state index contributed by atoms with van der Waals surface area (Å²) in [4.78, 5) is 14.2. The molecule has 1 aromatic rings. The zero-order valence-corrected chi connectivity index (χ0v) is 13.6. The highest BCUT2D eigenvalue weighted by atomic mass is 32.2. The fraction of sp³-hybridized carbons (Fsp3) is 0.500. The van der Waals surface area contributed by atoms with Gasteiger partial charge in [-0.3, -0.25) is 4.79 Å². The Labute approximate surface area is 125 Å². The first-order valence-electron chi connectivity index (χ1n) is 6.74. The lowest BCUT2D eigenvalue weighted by molar-refractivity contribution is 0.0702. The summed E-state index contributed by atoms with van der Waals surface area (Å²) in [6, 6.07) is 4.03. The van der Waals surface area contributed by atoms with Crippen molar-refractivity contribution in [1.29, 1.82) is 0 Å². The fourth-order valence-corrected chi connectivity index (χ4v) is 2.56. The maximum absolute atomic E-state index is 12.6. The van der Waals surface area contributed by atoms with E-state index in [1.165, 1.54) is 25.3 Å². The van der Waals surface area contributed by atoms with E-state index in [0.717, 1.165) is 6.42 Å². The van der Waals surface area contributed by atoms with E-state index in [4.69, 9.17) is 9.88 Å². The fourth-order valence-electron chi connectivity index (χ4n) is 2.02. The Hall–Kier alpha value is -1.60. The number of rotatable bonds is 6. The lowest BCUT2D eigenvalue weighted by Gasteiger charge is -2.27. The van der Waals surface area contributed by atoms with E-state index in [0.29, 0.717) is 12.3 Å². The second-order valence-electron chi connectivity index (χ2n) is 5.00. The van der Waals surface area contributed by atoms with Crippen molar-refractivity contribution in [2.75, 3.05) is 13.7 Å². The molecule has 0 unspecified atom stereocenters. The van der Waals surface area contributed by atoms with Gasteiger partial charge in [-0.1, -0.05) is 6.92 Å². The van der Waals surface area contributed by atoms with Crippen LogP contribution in [0.4, 0.5) is 0 Å². The molecule has 0 heterocycles. The van der Waals surface area contributed by atoms with Crippen LogP contribution in [0, 0.1) is 0 Å². The first-order chi connectivity index (χ1) is 9.72. The maximum atomic E-state index is 12.6. The Morgan fingerprint density at radius 2 is 2.00 bits per heavy atom. The summed E-state index contributed by atoms with van der Waals surface area (Å²) in [7, 11) is -2.44. The summed E-state index contributed by atoms with van der Waals surface area (Å²) >= 11 is 0. The Morgan fingerprint density at radius 1 is 1.38 bits per heavy atom. The summed E-state index contributed by atoms with van der Waals surface area (Å²) in [6.45, 7) is 6.37. The van der Waals surface area contributed by atoms with Gasteiger partial charge in [0.15, 0.2) is 0 Å². The number of carbonyl (C=O) groups excluding carboxylic acids is 1. The molecule has 0 aliphatic rings. The van der Waals surface area contributed by atoms with Crippen LogP contribution >= 0.6 is 0 Å². The molecule has 2 N–H and O–H groups in total. The summed E-state index contributed by atoms with van der Waals surface area (Å²) in [6.07, 6.45) is 0.807. The van der Waals surface area contributed by atoms with Crippen molar-refractivity contribution in [3.8, 4) is 5.75 Å². The molecular formula is C14H22N2O4S. The molecule has 0 aromatic heterocycles. The number of hydrogen-bond acceptors (Lipinski definition) is 4. The zero-order chi connectivity index (χ0) is 16.2. The highest BCUT2D eigenvalue weighted by molar-refractivity contribution is 7.89. The van der Waals surface area contributed by atoms with Crippen LogP contribution in [0.25, 0.3) is 0 Å². The quantitative estimate of drug-likeness (QED) is 0.863. The largest absolute Gasteiger partial charge is 0.496 e. The van der Waals surface area contributed by atoms with Crippen LogP contribution in [0.2, 0.25) is 0 Å². The lowest BCUT2D eigenvalue weighted by atomic mass is 10.1. The van der Waals surface area contributed by atoms with Crippen LogP contribution in [-0.2, 0) is 10.0 Å². The van der Waals surface area contributed by atoms with E-state index in [1.807, 2.05) is 20.8 Å². The molecule has 0 radical (unpaired) electrons. The van der Waals surface area contributed by atoms with Crippen molar-refractivity contribution in [2.45, 2.75) is 38.1 Å². The van der Waals surface area contributed by atoms with Gasteiger partial charge in [-0.2, -0.15) is 0 Å². The minimum absolute atomic E-state index is 0.000274. The second-order valence-corrected chi connectivity index (χ2v) is 6.56. The molecule has 0 aliphatic heterocycles. The van der Waals surface area contributed by atoms with E-state index < -0.39 is 10.0 Å². The second kappa shape index (κ2) is 6.91. The molecular weight excluding hydrogens is 292 g/mol. The number of benzene rings is 1. The number of hydrogen-bond donors (Lipinski definition) is 1. The maximum Gasteiger partial charge on any atom is 0.257 e. The standard InChI is InChI=1S/C14H22N2O4S/c1-5-8-16(10(2)3)14(17)12-9-11(21(15,18)19)6-7-13(12)20-4/h6-7,9-10H,5,8H2,1-4H3,(H2,15,18,19). The van der Waals surface area contributed by atoms with E-state index in [2.05, 4.69) is 0 Å². The number of nitrogens with zero attached hydrogens (tertiary/aromatic N) is 1. The number of primary sulfonamides is 1. The number of carbonyl (C=O) groups is 1. The Bertz CT molecular complexity index is 611. The Kier molecular flexibility index (Phi) is 5.74. The molecule has 0 aliphatic carbocycles. The number of ether oxygens (including phenoxy) is 1. The molecule has 1 amide bonds. The van der Waals surface area contributed by atoms with Gasteiger partial charge in [0.25, 0.3) is 5.91 Å². The van der Waals surface area contributed by atoms with Crippen molar-refractivity contribution in [3.63, 3.8) is 0 Å². The normalized spacial score (nSPS) is 11.5. The minimum Gasteiger partial charge on any atom is -0.496 e. The van der Waals surface area contributed by atoms with Gasteiger partial charge in [-0.15, -0.1) is 0 Å². The van der Waals surface area contributed by atoms with Crippen LogP contribution in [0.15, 0.2) is 23.1 Å². The van der Waals surface area contributed by atoms with Gasteiger partial charge in [0, 0.05) is 12.6 Å². The van der Waals surface area contributed by atoms with Gasteiger partial charge < -0.3 is 9.64 Å². The van der Waals surface area contributed by atoms with Gasteiger partial charge >= 0.3 is 0 Å². The number of nitrogens with two attached hydrogens (primary N) is 1. The highest BCUT2D eigenvalue weighted by Crippen LogP contribution is 2.24. The SMILES string of the molecule is CCCN(C(=O)c1cc(S(N)(=O)=O)ccc1OC)C(C)C. The van der Waals surface area contributed by atoms with Crippen LogP contribution < -0.4 is 9.88 Å². The average molecular weight is 314 g/mol.